The molecule has 122 valence electrons. The number of thiazole rings is 1. The number of fused-ring (bicyclic) bond motifs is 1. The minimum Gasteiger partial charge on any atom is -0.465 e. The van der Waals surface area contributed by atoms with E-state index in [1.165, 1.54) is 18.4 Å². The van der Waals surface area contributed by atoms with E-state index in [1.54, 1.807) is 24.3 Å². The zero-order valence-corrected chi connectivity index (χ0v) is 14.4. The van der Waals surface area contributed by atoms with Gasteiger partial charge in [-0.2, -0.15) is 4.99 Å². The van der Waals surface area contributed by atoms with Crippen LogP contribution >= 0.6 is 11.3 Å². The molecule has 5 nitrogen and oxygen atoms in total. The van der Waals surface area contributed by atoms with Crippen LogP contribution in [0.1, 0.15) is 26.3 Å². The SMILES string of the molecule is COC(=O)c1ccc(C(=O)N=c2sc3cccc(C)c3n2C)cc1. The van der Waals surface area contributed by atoms with Gasteiger partial charge in [-0.3, -0.25) is 4.79 Å². The molecular weight excluding hydrogens is 324 g/mol. The maximum Gasteiger partial charge on any atom is 0.337 e. The van der Waals surface area contributed by atoms with Crippen molar-refractivity contribution in [1.29, 1.82) is 0 Å². The predicted molar refractivity (Wildman–Crippen MR) is 93.2 cm³/mol. The number of ether oxygens (including phenoxy) is 1. The van der Waals surface area contributed by atoms with Crippen molar-refractivity contribution in [2.75, 3.05) is 7.11 Å². The molecule has 1 aromatic heterocycles. The number of rotatable bonds is 2. The van der Waals surface area contributed by atoms with E-state index in [0.29, 0.717) is 15.9 Å². The molecule has 6 heteroatoms. The first-order valence-corrected chi connectivity index (χ1v) is 8.15. The average Bonchev–Trinajstić information content (AvgIpc) is 2.91. The summed E-state index contributed by atoms with van der Waals surface area (Å²) in [6, 6.07) is 12.3. The van der Waals surface area contributed by atoms with Gasteiger partial charge in [-0.15, -0.1) is 0 Å². The van der Waals surface area contributed by atoms with Gasteiger partial charge in [-0.1, -0.05) is 23.5 Å². The Morgan fingerprint density at radius 3 is 2.38 bits per heavy atom. The Kier molecular flexibility index (Phi) is 4.31. The molecule has 2 aromatic carbocycles. The summed E-state index contributed by atoms with van der Waals surface area (Å²) >= 11 is 1.47. The van der Waals surface area contributed by atoms with Crippen LogP contribution in [0.5, 0.6) is 0 Å². The molecule has 3 aromatic rings. The van der Waals surface area contributed by atoms with E-state index < -0.39 is 5.97 Å². The molecule has 1 heterocycles. The van der Waals surface area contributed by atoms with Crippen LogP contribution in [-0.2, 0) is 11.8 Å². The van der Waals surface area contributed by atoms with Crippen molar-refractivity contribution in [3.05, 3.63) is 64.0 Å². The van der Waals surface area contributed by atoms with Gasteiger partial charge in [0, 0.05) is 12.6 Å². The smallest absolute Gasteiger partial charge is 0.337 e. The first kappa shape index (κ1) is 16.1. The topological polar surface area (TPSA) is 60.7 Å². The molecule has 3 rings (SSSR count). The highest BCUT2D eigenvalue weighted by molar-refractivity contribution is 7.16. The van der Waals surface area contributed by atoms with Gasteiger partial charge in [0.25, 0.3) is 5.91 Å². The van der Waals surface area contributed by atoms with Crippen molar-refractivity contribution in [2.24, 2.45) is 12.0 Å². The quantitative estimate of drug-likeness (QED) is 0.674. The summed E-state index contributed by atoms with van der Waals surface area (Å²) in [6.07, 6.45) is 0. The number of esters is 1. The highest BCUT2D eigenvalue weighted by Crippen LogP contribution is 2.19. The Morgan fingerprint density at radius 2 is 1.75 bits per heavy atom. The number of aryl methyl sites for hydroxylation is 2. The third-order valence-corrected chi connectivity index (χ3v) is 4.87. The fourth-order valence-corrected chi connectivity index (χ4v) is 3.62. The molecule has 0 aliphatic heterocycles. The Morgan fingerprint density at radius 1 is 1.08 bits per heavy atom. The number of hydrogen-bond donors (Lipinski definition) is 0. The summed E-state index contributed by atoms with van der Waals surface area (Å²) in [5, 5.41) is 0. The monoisotopic (exact) mass is 340 g/mol. The Bertz CT molecular complexity index is 997. The van der Waals surface area contributed by atoms with Crippen LogP contribution in [0.25, 0.3) is 10.2 Å². The second-order valence-corrected chi connectivity index (χ2v) is 6.36. The van der Waals surface area contributed by atoms with Gasteiger partial charge in [0.15, 0.2) is 4.80 Å². The first-order chi connectivity index (χ1) is 11.5. The van der Waals surface area contributed by atoms with Gasteiger partial charge >= 0.3 is 5.97 Å². The van der Waals surface area contributed by atoms with Gasteiger partial charge in [0.2, 0.25) is 0 Å². The molecule has 0 unspecified atom stereocenters. The van der Waals surface area contributed by atoms with Crippen LogP contribution in [0.3, 0.4) is 0 Å². The molecule has 0 bridgehead atoms. The van der Waals surface area contributed by atoms with E-state index in [2.05, 4.69) is 9.73 Å². The summed E-state index contributed by atoms with van der Waals surface area (Å²) in [5.41, 5.74) is 3.05. The lowest BCUT2D eigenvalue weighted by Gasteiger charge is -2.00. The molecule has 0 N–H and O–H groups in total. The van der Waals surface area contributed by atoms with Crippen LogP contribution in [0.2, 0.25) is 0 Å². The zero-order valence-electron chi connectivity index (χ0n) is 13.6. The zero-order chi connectivity index (χ0) is 17.3. The highest BCUT2D eigenvalue weighted by atomic mass is 32.1. The first-order valence-electron chi connectivity index (χ1n) is 7.34. The number of nitrogens with zero attached hydrogens (tertiary/aromatic N) is 2. The van der Waals surface area contributed by atoms with Crippen LogP contribution in [0.15, 0.2) is 47.5 Å². The van der Waals surface area contributed by atoms with Crippen LogP contribution < -0.4 is 4.80 Å². The minimum atomic E-state index is -0.433. The molecule has 0 radical (unpaired) electrons. The van der Waals surface area contributed by atoms with E-state index in [0.717, 1.165) is 15.8 Å². The van der Waals surface area contributed by atoms with E-state index in [9.17, 15) is 9.59 Å². The third kappa shape index (κ3) is 2.88. The maximum atomic E-state index is 12.4. The summed E-state index contributed by atoms with van der Waals surface area (Å²) in [4.78, 5) is 28.7. The van der Waals surface area contributed by atoms with E-state index in [1.807, 2.05) is 36.7 Å². The van der Waals surface area contributed by atoms with Crippen molar-refractivity contribution < 1.29 is 14.3 Å². The summed E-state index contributed by atoms with van der Waals surface area (Å²) in [6.45, 7) is 2.03. The summed E-state index contributed by atoms with van der Waals surface area (Å²) in [7, 11) is 3.22. The molecular formula is C18H16N2O3S. The van der Waals surface area contributed by atoms with Crippen molar-refractivity contribution in [1.82, 2.24) is 4.57 Å². The van der Waals surface area contributed by atoms with Crippen LogP contribution in [0, 0.1) is 6.92 Å². The molecule has 0 saturated heterocycles. The number of carbonyl (C=O) groups excluding carboxylic acids is 2. The molecule has 0 atom stereocenters. The Labute approximate surface area is 142 Å². The number of carbonyl (C=O) groups is 2. The number of amides is 1. The summed E-state index contributed by atoms with van der Waals surface area (Å²) in [5.74, 6) is -0.774. The molecule has 0 aliphatic rings. The van der Waals surface area contributed by atoms with Gasteiger partial charge in [-0.05, 0) is 42.8 Å². The van der Waals surface area contributed by atoms with Crippen LogP contribution in [0.4, 0.5) is 0 Å². The Balaban J connectivity index is 1.99. The number of para-hydroxylation sites is 1. The second-order valence-electron chi connectivity index (χ2n) is 5.35. The molecule has 0 spiro atoms. The van der Waals surface area contributed by atoms with Gasteiger partial charge in [0.05, 0.1) is 22.9 Å². The molecule has 1 amide bonds. The molecule has 0 saturated carbocycles. The van der Waals surface area contributed by atoms with E-state index >= 15 is 0 Å². The lowest BCUT2D eigenvalue weighted by Crippen LogP contribution is -2.13. The molecule has 0 aliphatic carbocycles. The third-order valence-electron chi connectivity index (χ3n) is 3.77. The van der Waals surface area contributed by atoms with E-state index in [4.69, 9.17) is 0 Å². The number of aromatic nitrogens is 1. The lowest BCUT2D eigenvalue weighted by molar-refractivity contribution is 0.0600. The fourth-order valence-electron chi connectivity index (χ4n) is 2.52. The van der Waals surface area contributed by atoms with Crippen molar-refractivity contribution in [3.8, 4) is 0 Å². The molecule has 24 heavy (non-hydrogen) atoms. The average molecular weight is 340 g/mol. The van der Waals surface area contributed by atoms with E-state index in [-0.39, 0.29) is 5.91 Å². The normalized spacial score (nSPS) is 11.7. The van der Waals surface area contributed by atoms with Crippen molar-refractivity contribution >= 4 is 33.4 Å². The highest BCUT2D eigenvalue weighted by Gasteiger charge is 2.10. The number of methoxy groups -OCH3 is 1. The van der Waals surface area contributed by atoms with Crippen LogP contribution in [-0.4, -0.2) is 23.6 Å². The van der Waals surface area contributed by atoms with Crippen molar-refractivity contribution in [2.45, 2.75) is 6.92 Å². The van der Waals surface area contributed by atoms with Crippen molar-refractivity contribution in [3.63, 3.8) is 0 Å². The fraction of sp³-hybridized carbons (Fsp3) is 0.167. The number of benzene rings is 2. The largest absolute Gasteiger partial charge is 0.465 e. The summed E-state index contributed by atoms with van der Waals surface area (Å²) < 4.78 is 7.66. The lowest BCUT2D eigenvalue weighted by atomic mass is 10.1. The molecule has 0 fully saturated rings. The Hall–Kier alpha value is -2.73. The predicted octanol–water partition coefficient (Wildman–Crippen LogP) is 3.08. The number of hydrogen-bond acceptors (Lipinski definition) is 4. The standard InChI is InChI=1S/C18H16N2O3S/c1-11-5-4-6-14-15(11)20(2)18(24-14)19-16(21)12-7-9-13(10-8-12)17(22)23-3/h4-10H,1-3H3. The van der Waals surface area contributed by atoms with Gasteiger partial charge in [-0.25, -0.2) is 4.79 Å². The van der Waals surface area contributed by atoms with Gasteiger partial charge < -0.3 is 9.30 Å². The van der Waals surface area contributed by atoms with Gasteiger partial charge in [0.1, 0.15) is 0 Å². The minimum absolute atomic E-state index is 0.341. The maximum absolute atomic E-state index is 12.4. The second kappa shape index (κ2) is 6.41.